The predicted molar refractivity (Wildman–Crippen MR) is 108 cm³/mol. The largest absolute Gasteiger partial charge is 0.493 e. The minimum atomic E-state index is -3.96. The van der Waals surface area contributed by atoms with Crippen LogP contribution in [-0.4, -0.2) is 20.5 Å². The zero-order valence-corrected chi connectivity index (χ0v) is 16.8. The molecule has 0 atom stereocenters. The number of hydrogen-bond donors (Lipinski definition) is 0. The summed E-state index contributed by atoms with van der Waals surface area (Å²) in [6.07, 6.45) is 5.43. The molecule has 5 nitrogen and oxygen atoms in total. The van der Waals surface area contributed by atoms with Crippen molar-refractivity contribution in [1.82, 2.24) is 4.98 Å². The summed E-state index contributed by atoms with van der Waals surface area (Å²) in [4.78, 5) is 4.28. The summed E-state index contributed by atoms with van der Waals surface area (Å²) in [6.45, 7) is 0. The van der Waals surface area contributed by atoms with Gasteiger partial charge in [0.05, 0.1) is 12.8 Å². The van der Waals surface area contributed by atoms with Gasteiger partial charge in [-0.3, -0.25) is 4.98 Å². The van der Waals surface area contributed by atoms with E-state index in [9.17, 15) is 8.42 Å². The monoisotopic (exact) mass is 445 g/mol. The summed E-state index contributed by atoms with van der Waals surface area (Å²) in [7, 11) is -2.50. The molecule has 0 aliphatic heterocycles. The van der Waals surface area contributed by atoms with E-state index in [1.807, 2.05) is 30.4 Å². The highest BCUT2D eigenvalue weighted by atomic mass is 79.9. The lowest BCUT2D eigenvalue weighted by molar-refractivity contribution is 0.390. The average molecular weight is 446 g/mol. The molecule has 2 aromatic carbocycles. The third-order valence-electron chi connectivity index (χ3n) is 3.62. The quantitative estimate of drug-likeness (QED) is 0.510. The number of aromatic nitrogens is 1. The molecule has 0 unspecified atom stereocenters. The van der Waals surface area contributed by atoms with E-state index in [0.29, 0.717) is 5.75 Å². The first kappa shape index (κ1) is 19.1. The van der Waals surface area contributed by atoms with E-state index in [-0.39, 0.29) is 10.6 Å². The Morgan fingerprint density at radius 1 is 0.963 bits per heavy atom. The molecule has 3 rings (SSSR count). The molecule has 0 spiro atoms. The second-order valence-electron chi connectivity index (χ2n) is 5.49. The van der Waals surface area contributed by atoms with Crippen LogP contribution in [0.15, 0.2) is 76.2 Å². The van der Waals surface area contributed by atoms with Gasteiger partial charge in [0.15, 0.2) is 11.5 Å². The molecule has 0 fully saturated rings. The van der Waals surface area contributed by atoms with E-state index in [4.69, 9.17) is 8.92 Å². The molecule has 0 aliphatic rings. The molecular formula is C20H16BrNO4S. The number of hydrogen-bond acceptors (Lipinski definition) is 5. The van der Waals surface area contributed by atoms with E-state index in [1.165, 1.54) is 19.2 Å². The van der Waals surface area contributed by atoms with Crippen molar-refractivity contribution in [3.05, 3.63) is 82.6 Å². The summed E-state index contributed by atoms with van der Waals surface area (Å²) in [5.74, 6) is 0.439. The van der Waals surface area contributed by atoms with Crippen molar-refractivity contribution in [3.63, 3.8) is 0 Å². The molecule has 0 bridgehead atoms. The molecule has 0 aliphatic carbocycles. The molecule has 7 heteroatoms. The average Bonchev–Trinajstić information content (AvgIpc) is 2.68. The Morgan fingerprint density at radius 2 is 1.74 bits per heavy atom. The van der Waals surface area contributed by atoms with E-state index < -0.39 is 10.1 Å². The lowest BCUT2D eigenvalue weighted by Crippen LogP contribution is -2.10. The highest BCUT2D eigenvalue weighted by Crippen LogP contribution is 2.31. The van der Waals surface area contributed by atoms with Crippen molar-refractivity contribution >= 4 is 38.2 Å². The summed E-state index contributed by atoms with van der Waals surface area (Å²) in [5, 5.41) is 0. The van der Waals surface area contributed by atoms with E-state index >= 15 is 0 Å². The van der Waals surface area contributed by atoms with Crippen LogP contribution < -0.4 is 8.92 Å². The summed E-state index contributed by atoms with van der Waals surface area (Å²) in [5.41, 5.74) is 1.64. The van der Waals surface area contributed by atoms with Crippen molar-refractivity contribution < 1.29 is 17.3 Å². The Kier molecular flexibility index (Phi) is 5.93. The first-order chi connectivity index (χ1) is 13.0. The highest BCUT2D eigenvalue weighted by Gasteiger charge is 2.19. The number of methoxy groups -OCH3 is 1. The van der Waals surface area contributed by atoms with Crippen LogP contribution in [0.25, 0.3) is 12.2 Å². The molecule has 0 N–H and O–H groups in total. The van der Waals surface area contributed by atoms with Crippen LogP contribution in [0.4, 0.5) is 0 Å². The molecule has 27 heavy (non-hydrogen) atoms. The molecule has 0 radical (unpaired) electrons. The number of halogens is 1. The number of pyridine rings is 1. The third-order valence-corrected chi connectivity index (χ3v) is 5.40. The van der Waals surface area contributed by atoms with Gasteiger partial charge in [0, 0.05) is 10.7 Å². The van der Waals surface area contributed by atoms with Crippen molar-refractivity contribution in [2.24, 2.45) is 0 Å². The van der Waals surface area contributed by atoms with Crippen molar-refractivity contribution in [2.45, 2.75) is 4.90 Å². The fourth-order valence-electron chi connectivity index (χ4n) is 2.28. The van der Waals surface area contributed by atoms with Gasteiger partial charge in [0.25, 0.3) is 0 Å². The Labute approximate surface area is 166 Å². The fourth-order valence-corrected chi connectivity index (χ4v) is 3.48. The van der Waals surface area contributed by atoms with Crippen molar-refractivity contribution in [3.8, 4) is 11.5 Å². The van der Waals surface area contributed by atoms with Gasteiger partial charge in [-0.15, -0.1) is 0 Å². The maximum absolute atomic E-state index is 12.5. The number of rotatable bonds is 6. The van der Waals surface area contributed by atoms with Crippen LogP contribution in [0.2, 0.25) is 0 Å². The van der Waals surface area contributed by atoms with Gasteiger partial charge in [-0.1, -0.05) is 34.1 Å². The number of ether oxygens (including phenoxy) is 1. The van der Waals surface area contributed by atoms with Gasteiger partial charge in [0.2, 0.25) is 0 Å². The number of nitrogens with zero attached hydrogens (tertiary/aromatic N) is 1. The lowest BCUT2D eigenvalue weighted by Gasteiger charge is -2.11. The van der Waals surface area contributed by atoms with Crippen LogP contribution in [0.3, 0.4) is 0 Å². The highest BCUT2D eigenvalue weighted by molar-refractivity contribution is 9.10. The van der Waals surface area contributed by atoms with Gasteiger partial charge in [-0.05, 0) is 60.2 Å². The smallest absolute Gasteiger partial charge is 0.339 e. The first-order valence-corrected chi connectivity index (χ1v) is 10.2. The second-order valence-corrected chi connectivity index (χ2v) is 7.95. The van der Waals surface area contributed by atoms with Gasteiger partial charge in [-0.25, -0.2) is 0 Å². The SMILES string of the molecule is COc1cc(/C=C/c2ccccn2)ccc1OS(=O)(=O)c1ccc(Br)cc1. The Morgan fingerprint density at radius 3 is 2.41 bits per heavy atom. The Hall–Kier alpha value is -2.64. The molecule has 3 aromatic rings. The van der Waals surface area contributed by atoms with Crippen molar-refractivity contribution in [1.29, 1.82) is 0 Å². The normalized spacial score (nSPS) is 11.5. The minimum Gasteiger partial charge on any atom is -0.493 e. The summed E-state index contributed by atoms with van der Waals surface area (Å²) < 4.78 is 36.3. The zero-order chi connectivity index (χ0) is 19.3. The van der Waals surface area contributed by atoms with Gasteiger partial charge >= 0.3 is 10.1 Å². The Bertz CT molecular complexity index is 1050. The summed E-state index contributed by atoms with van der Waals surface area (Å²) >= 11 is 3.27. The fraction of sp³-hybridized carbons (Fsp3) is 0.0500. The zero-order valence-electron chi connectivity index (χ0n) is 14.4. The van der Waals surface area contributed by atoms with Gasteiger partial charge in [0.1, 0.15) is 4.90 Å². The predicted octanol–water partition coefficient (Wildman–Crippen LogP) is 4.79. The van der Waals surface area contributed by atoms with Gasteiger partial charge in [-0.2, -0.15) is 8.42 Å². The minimum absolute atomic E-state index is 0.0619. The van der Waals surface area contributed by atoms with Crippen LogP contribution in [0.1, 0.15) is 11.3 Å². The van der Waals surface area contributed by atoms with Crippen LogP contribution in [0, 0.1) is 0 Å². The summed E-state index contributed by atoms with van der Waals surface area (Å²) in [6, 6.07) is 16.9. The lowest BCUT2D eigenvalue weighted by atomic mass is 10.1. The molecule has 1 heterocycles. The van der Waals surface area contributed by atoms with Crippen molar-refractivity contribution in [2.75, 3.05) is 7.11 Å². The maximum atomic E-state index is 12.5. The van der Waals surface area contributed by atoms with E-state index in [1.54, 1.807) is 36.5 Å². The third kappa shape index (κ3) is 4.96. The van der Waals surface area contributed by atoms with Crippen LogP contribution in [0.5, 0.6) is 11.5 Å². The maximum Gasteiger partial charge on any atom is 0.339 e. The standard InChI is InChI=1S/C20H16BrNO4S/c1-25-20-14-15(5-9-17-4-2-3-13-22-17)6-12-19(20)26-27(23,24)18-10-7-16(21)8-11-18/h2-14H,1H3/b9-5+. The second kappa shape index (κ2) is 8.37. The van der Waals surface area contributed by atoms with Crippen LogP contribution in [-0.2, 0) is 10.1 Å². The van der Waals surface area contributed by atoms with E-state index in [2.05, 4.69) is 20.9 Å². The molecule has 0 saturated heterocycles. The first-order valence-electron chi connectivity index (χ1n) is 7.95. The van der Waals surface area contributed by atoms with E-state index in [0.717, 1.165) is 15.7 Å². The molecular weight excluding hydrogens is 430 g/mol. The molecule has 0 amide bonds. The Balaban J connectivity index is 1.84. The number of benzene rings is 2. The topological polar surface area (TPSA) is 65.5 Å². The van der Waals surface area contributed by atoms with Crippen LogP contribution >= 0.6 is 15.9 Å². The molecule has 138 valence electrons. The molecule has 1 aromatic heterocycles. The van der Waals surface area contributed by atoms with Gasteiger partial charge < -0.3 is 8.92 Å². The molecule has 0 saturated carbocycles.